The van der Waals surface area contributed by atoms with Crippen LogP contribution in [-0.2, 0) is 4.79 Å². The zero-order valence-corrected chi connectivity index (χ0v) is 11.1. The molecule has 1 saturated carbocycles. The fourth-order valence-electron chi connectivity index (χ4n) is 3.47. The molecule has 1 aliphatic rings. The summed E-state index contributed by atoms with van der Waals surface area (Å²) in [5, 5.41) is 8.90. The largest absolute Gasteiger partial charge is 0.478 e. The molecule has 0 spiro atoms. The van der Waals surface area contributed by atoms with Crippen LogP contribution in [0.1, 0.15) is 53.9 Å². The van der Waals surface area contributed by atoms with E-state index in [-0.39, 0.29) is 0 Å². The minimum Gasteiger partial charge on any atom is -0.478 e. The highest BCUT2D eigenvalue weighted by Crippen LogP contribution is 2.48. The standard InChI is InChI=1S/C14H24O2/c1-10(12(15)16)6-11-7-13(2,3)9-14(4,5)8-11/h6,11H,7-9H2,1-5H3,(H,15,16)/b10-6+. The quantitative estimate of drug-likeness (QED) is 0.723. The maximum atomic E-state index is 10.8. The zero-order valence-electron chi connectivity index (χ0n) is 11.1. The lowest BCUT2D eigenvalue weighted by molar-refractivity contribution is -0.132. The molecule has 16 heavy (non-hydrogen) atoms. The van der Waals surface area contributed by atoms with Crippen LogP contribution < -0.4 is 0 Å². The zero-order chi connectivity index (χ0) is 12.6. The Labute approximate surface area is 98.7 Å². The van der Waals surface area contributed by atoms with Gasteiger partial charge in [0.25, 0.3) is 0 Å². The second kappa shape index (κ2) is 4.23. The lowest BCUT2D eigenvalue weighted by Crippen LogP contribution is -2.33. The fraction of sp³-hybridized carbons (Fsp3) is 0.786. The Morgan fingerprint density at radius 1 is 1.19 bits per heavy atom. The Morgan fingerprint density at radius 2 is 1.62 bits per heavy atom. The summed E-state index contributed by atoms with van der Waals surface area (Å²) in [6, 6.07) is 0. The van der Waals surface area contributed by atoms with Crippen molar-refractivity contribution in [1.29, 1.82) is 0 Å². The van der Waals surface area contributed by atoms with E-state index in [1.807, 2.05) is 6.08 Å². The summed E-state index contributed by atoms with van der Waals surface area (Å²) in [6.07, 6.45) is 5.36. The molecule has 1 N–H and O–H groups in total. The van der Waals surface area contributed by atoms with Gasteiger partial charge in [0.2, 0.25) is 0 Å². The van der Waals surface area contributed by atoms with E-state index >= 15 is 0 Å². The molecule has 2 heteroatoms. The van der Waals surface area contributed by atoms with Crippen molar-refractivity contribution in [3.63, 3.8) is 0 Å². The van der Waals surface area contributed by atoms with Gasteiger partial charge in [0.05, 0.1) is 0 Å². The average molecular weight is 224 g/mol. The Kier molecular flexibility index (Phi) is 3.51. The predicted octanol–water partition coefficient (Wildman–Crippen LogP) is 3.87. The summed E-state index contributed by atoms with van der Waals surface area (Å²) in [5.74, 6) is -0.379. The monoisotopic (exact) mass is 224 g/mol. The first-order valence-electron chi connectivity index (χ1n) is 6.03. The van der Waals surface area contributed by atoms with E-state index in [0.29, 0.717) is 22.3 Å². The Hall–Kier alpha value is -0.790. The molecule has 0 aromatic heterocycles. The summed E-state index contributed by atoms with van der Waals surface area (Å²) in [6.45, 7) is 10.8. The van der Waals surface area contributed by atoms with E-state index < -0.39 is 5.97 Å². The van der Waals surface area contributed by atoms with Gasteiger partial charge in [0.15, 0.2) is 0 Å². The maximum Gasteiger partial charge on any atom is 0.330 e. The number of aliphatic carboxylic acids is 1. The summed E-state index contributed by atoms with van der Waals surface area (Å²) >= 11 is 0. The third-order valence-corrected chi connectivity index (χ3v) is 3.41. The van der Waals surface area contributed by atoms with E-state index in [9.17, 15) is 4.79 Å². The molecule has 0 aromatic rings. The molecule has 0 bridgehead atoms. The van der Waals surface area contributed by atoms with E-state index in [2.05, 4.69) is 27.7 Å². The Bertz CT molecular complexity index is 295. The first-order valence-corrected chi connectivity index (χ1v) is 6.03. The molecule has 0 atom stereocenters. The molecule has 92 valence electrons. The minimum atomic E-state index is -0.791. The second-order valence-electron chi connectivity index (χ2n) is 6.83. The number of hydrogen-bond acceptors (Lipinski definition) is 1. The summed E-state index contributed by atoms with van der Waals surface area (Å²) in [5.41, 5.74) is 1.13. The van der Waals surface area contributed by atoms with Crippen molar-refractivity contribution in [2.24, 2.45) is 16.7 Å². The van der Waals surface area contributed by atoms with Gasteiger partial charge in [-0.15, -0.1) is 0 Å². The molecule has 1 fully saturated rings. The minimum absolute atomic E-state index is 0.321. The number of rotatable bonds is 2. The molecule has 0 saturated heterocycles. The van der Waals surface area contributed by atoms with Gasteiger partial charge in [0.1, 0.15) is 0 Å². The van der Waals surface area contributed by atoms with Crippen molar-refractivity contribution in [3.05, 3.63) is 11.6 Å². The molecular weight excluding hydrogens is 200 g/mol. The van der Waals surface area contributed by atoms with Crippen LogP contribution in [0.15, 0.2) is 11.6 Å². The van der Waals surface area contributed by atoms with Crippen LogP contribution in [0.25, 0.3) is 0 Å². The van der Waals surface area contributed by atoms with Crippen LogP contribution in [0.3, 0.4) is 0 Å². The van der Waals surface area contributed by atoms with Gasteiger partial charge in [-0.05, 0) is 42.9 Å². The highest BCUT2D eigenvalue weighted by atomic mass is 16.4. The van der Waals surface area contributed by atoms with Gasteiger partial charge in [-0.2, -0.15) is 0 Å². The first kappa shape index (κ1) is 13.3. The normalized spacial score (nSPS) is 25.4. The molecule has 0 heterocycles. The van der Waals surface area contributed by atoms with Gasteiger partial charge in [-0.25, -0.2) is 4.79 Å². The number of carbonyl (C=O) groups is 1. The van der Waals surface area contributed by atoms with Gasteiger partial charge in [0, 0.05) is 5.57 Å². The van der Waals surface area contributed by atoms with Crippen molar-refractivity contribution >= 4 is 5.97 Å². The smallest absolute Gasteiger partial charge is 0.330 e. The van der Waals surface area contributed by atoms with Crippen LogP contribution >= 0.6 is 0 Å². The predicted molar refractivity (Wildman–Crippen MR) is 66.3 cm³/mol. The van der Waals surface area contributed by atoms with Gasteiger partial charge >= 0.3 is 5.97 Å². The third kappa shape index (κ3) is 3.66. The van der Waals surface area contributed by atoms with E-state index in [0.717, 1.165) is 12.8 Å². The van der Waals surface area contributed by atoms with Gasteiger partial charge in [-0.3, -0.25) is 0 Å². The molecule has 2 nitrogen and oxygen atoms in total. The van der Waals surface area contributed by atoms with Crippen molar-refractivity contribution < 1.29 is 9.90 Å². The van der Waals surface area contributed by atoms with Crippen LogP contribution in [0.4, 0.5) is 0 Å². The Morgan fingerprint density at radius 3 is 2.00 bits per heavy atom. The van der Waals surface area contributed by atoms with E-state index in [1.165, 1.54) is 6.42 Å². The highest BCUT2D eigenvalue weighted by Gasteiger charge is 2.37. The van der Waals surface area contributed by atoms with Crippen LogP contribution in [0.5, 0.6) is 0 Å². The second-order valence-corrected chi connectivity index (χ2v) is 6.83. The summed E-state index contributed by atoms with van der Waals surface area (Å²) in [4.78, 5) is 10.8. The SMILES string of the molecule is C/C(=C\C1CC(C)(C)CC(C)(C)C1)C(=O)O. The molecule has 0 amide bonds. The van der Waals surface area contributed by atoms with Crippen LogP contribution in [-0.4, -0.2) is 11.1 Å². The number of carboxylic acid groups (broad SMARTS) is 1. The van der Waals surface area contributed by atoms with E-state index in [1.54, 1.807) is 6.92 Å². The summed E-state index contributed by atoms with van der Waals surface area (Å²) < 4.78 is 0. The van der Waals surface area contributed by atoms with Crippen LogP contribution in [0.2, 0.25) is 0 Å². The molecule has 1 rings (SSSR count). The summed E-state index contributed by atoms with van der Waals surface area (Å²) in [7, 11) is 0. The highest BCUT2D eigenvalue weighted by molar-refractivity contribution is 5.85. The maximum absolute atomic E-state index is 10.8. The molecule has 0 radical (unpaired) electrons. The third-order valence-electron chi connectivity index (χ3n) is 3.41. The van der Waals surface area contributed by atoms with Crippen molar-refractivity contribution in [1.82, 2.24) is 0 Å². The molecule has 1 aliphatic carbocycles. The molecular formula is C14H24O2. The van der Waals surface area contributed by atoms with Gasteiger partial charge < -0.3 is 5.11 Å². The number of hydrogen-bond donors (Lipinski definition) is 1. The average Bonchev–Trinajstić information content (AvgIpc) is 1.96. The number of carboxylic acids is 1. The topological polar surface area (TPSA) is 37.3 Å². The van der Waals surface area contributed by atoms with E-state index in [4.69, 9.17) is 5.11 Å². The Balaban J connectivity index is 2.83. The lowest BCUT2D eigenvalue weighted by atomic mass is 9.61. The van der Waals surface area contributed by atoms with Crippen molar-refractivity contribution in [2.75, 3.05) is 0 Å². The number of allylic oxidation sites excluding steroid dienone is 1. The van der Waals surface area contributed by atoms with Gasteiger partial charge in [-0.1, -0.05) is 33.8 Å². The van der Waals surface area contributed by atoms with Crippen LogP contribution in [0, 0.1) is 16.7 Å². The fourth-order valence-corrected chi connectivity index (χ4v) is 3.47. The molecule has 0 aromatic carbocycles. The molecule has 0 aliphatic heterocycles. The first-order chi connectivity index (χ1) is 7.11. The lowest BCUT2D eigenvalue weighted by Gasteiger charge is -2.44. The van der Waals surface area contributed by atoms with Crippen molar-refractivity contribution in [2.45, 2.75) is 53.9 Å². The molecule has 0 unspecified atom stereocenters. The van der Waals surface area contributed by atoms with Crippen molar-refractivity contribution in [3.8, 4) is 0 Å².